The number of fused-ring (bicyclic) bond motifs is 2. The number of hydrogen-bond acceptors (Lipinski definition) is 1. The van der Waals surface area contributed by atoms with Crippen molar-refractivity contribution in [1.29, 1.82) is 0 Å². The first-order chi connectivity index (χ1) is 6.65. The van der Waals surface area contributed by atoms with Crippen LogP contribution in [0, 0.1) is 17.3 Å². The van der Waals surface area contributed by atoms with Gasteiger partial charge in [0.1, 0.15) is 0 Å². The van der Waals surface area contributed by atoms with Crippen LogP contribution in [0.5, 0.6) is 0 Å². The molecule has 15 heavy (non-hydrogen) atoms. The molecule has 2 bridgehead atoms. The SMILES string of the molecule is CC1(O[Si](C)(C)C)CC[C@@H]2C[C@H]1C2(C)C. The van der Waals surface area contributed by atoms with Crippen LogP contribution in [0.4, 0.5) is 0 Å². The molecular formula is C13H26OSi. The highest BCUT2D eigenvalue weighted by molar-refractivity contribution is 6.69. The van der Waals surface area contributed by atoms with Crippen molar-refractivity contribution in [3.05, 3.63) is 0 Å². The van der Waals surface area contributed by atoms with E-state index in [-0.39, 0.29) is 5.60 Å². The third kappa shape index (κ3) is 1.80. The quantitative estimate of drug-likeness (QED) is 0.645. The van der Waals surface area contributed by atoms with Crippen LogP contribution in [-0.4, -0.2) is 13.9 Å². The summed E-state index contributed by atoms with van der Waals surface area (Å²) in [7, 11) is -1.40. The summed E-state index contributed by atoms with van der Waals surface area (Å²) in [5.41, 5.74) is 0.718. The molecule has 0 aromatic heterocycles. The van der Waals surface area contributed by atoms with E-state index in [4.69, 9.17) is 4.43 Å². The summed E-state index contributed by atoms with van der Waals surface area (Å²) in [4.78, 5) is 0. The van der Waals surface area contributed by atoms with Crippen LogP contribution in [0.3, 0.4) is 0 Å². The fourth-order valence-corrected chi connectivity index (χ4v) is 5.64. The minimum atomic E-state index is -1.40. The molecule has 3 aliphatic carbocycles. The van der Waals surface area contributed by atoms with E-state index in [0.29, 0.717) is 5.41 Å². The second-order valence-corrected chi connectivity index (χ2v) is 11.8. The summed E-state index contributed by atoms with van der Waals surface area (Å²) >= 11 is 0. The first kappa shape index (κ1) is 11.7. The first-order valence-corrected chi connectivity index (χ1v) is 9.76. The third-order valence-electron chi connectivity index (χ3n) is 4.74. The molecule has 0 aliphatic heterocycles. The molecule has 1 unspecified atom stereocenters. The van der Waals surface area contributed by atoms with Crippen LogP contribution >= 0.6 is 0 Å². The molecule has 0 spiro atoms. The van der Waals surface area contributed by atoms with E-state index in [0.717, 1.165) is 11.8 Å². The fraction of sp³-hybridized carbons (Fsp3) is 1.00. The van der Waals surface area contributed by atoms with E-state index in [1.165, 1.54) is 19.3 Å². The van der Waals surface area contributed by atoms with Gasteiger partial charge in [0.2, 0.25) is 0 Å². The van der Waals surface area contributed by atoms with Crippen LogP contribution in [0.25, 0.3) is 0 Å². The van der Waals surface area contributed by atoms with Gasteiger partial charge in [0.25, 0.3) is 0 Å². The normalized spacial score (nSPS) is 43.6. The van der Waals surface area contributed by atoms with Crippen LogP contribution in [0.15, 0.2) is 0 Å². The Morgan fingerprint density at radius 3 is 2.13 bits per heavy atom. The van der Waals surface area contributed by atoms with E-state index in [2.05, 4.69) is 40.4 Å². The van der Waals surface area contributed by atoms with Gasteiger partial charge in [-0.3, -0.25) is 0 Å². The maximum Gasteiger partial charge on any atom is 0.184 e. The van der Waals surface area contributed by atoms with Crippen molar-refractivity contribution in [3.8, 4) is 0 Å². The lowest BCUT2D eigenvalue weighted by Gasteiger charge is -2.65. The van der Waals surface area contributed by atoms with Crippen molar-refractivity contribution in [2.75, 3.05) is 0 Å². The minimum Gasteiger partial charge on any atom is -0.412 e. The molecule has 3 fully saturated rings. The monoisotopic (exact) mass is 226 g/mol. The van der Waals surface area contributed by atoms with E-state index in [1.54, 1.807) is 0 Å². The lowest BCUT2D eigenvalue weighted by Crippen LogP contribution is -2.63. The van der Waals surface area contributed by atoms with Crippen molar-refractivity contribution in [2.45, 2.75) is 65.3 Å². The Labute approximate surface area is 95.7 Å². The highest BCUT2D eigenvalue weighted by atomic mass is 28.4. The second kappa shape index (κ2) is 3.10. The average molecular weight is 226 g/mol. The molecule has 88 valence electrons. The zero-order chi connectivity index (χ0) is 11.5. The van der Waals surface area contributed by atoms with Crippen molar-refractivity contribution < 1.29 is 4.43 Å². The molecule has 1 nitrogen and oxygen atoms in total. The Balaban J connectivity index is 2.15. The first-order valence-electron chi connectivity index (χ1n) is 6.35. The summed E-state index contributed by atoms with van der Waals surface area (Å²) in [6, 6.07) is 0. The largest absolute Gasteiger partial charge is 0.412 e. The van der Waals surface area contributed by atoms with Gasteiger partial charge in [0.15, 0.2) is 8.32 Å². The summed E-state index contributed by atoms with van der Waals surface area (Å²) in [5.74, 6) is 1.77. The lowest BCUT2D eigenvalue weighted by atomic mass is 9.44. The summed E-state index contributed by atoms with van der Waals surface area (Å²) in [5, 5.41) is 0. The highest BCUT2D eigenvalue weighted by Gasteiger charge is 2.60. The maximum absolute atomic E-state index is 6.49. The molecule has 0 N–H and O–H groups in total. The molecule has 3 aliphatic rings. The van der Waals surface area contributed by atoms with Crippen molar-refractivity contribution in [2.24, 2.45) is 17.3 Å². The predicted molar refractivity (Wildman–Crippen MR) is 67.4 cm³/mol. The molecule has 3 atom stereocenters. The molecule has 0 amide bonds. The predicted octanol–water partition coefficient (Wildman–Crippen LogP) is 4.05. The average Bonchev–Trinajstić information content (AvgIpc) is 1.98. The van der Waals surface area contributed by atoms with Crippen molar-refractivity contribution in [3.63, 3.8) is 0 Å². The molecule has 0 radical (unpaired) electrons. The second-order valence-electron chi connectivity index (χ2n) is 7.37. The Morgan fingerprint density at radius 1 is 1.13 bits per heavy atom. The van der Waals surface area contributed by atoms with Crippen LogP contribution in [0.2, 0.25) is 19.6 Å². The maximum atomic E-state index is 6.49. The molecule has 3 rings (SSSR count). The number of rotatable bonds is 2. The van der Waals surface area contributed by atoms with E-state index < -0.39 is 8.32 Å². The molecular weight excluding hydrogens is 200 g/mol. The molecule has 0 heterocycles. The van der Waals surface area contributed by atoms with Crippen molar-refractivity contribution in [1.82, 2.24) is 0 Å². The van der Waals surface area contributed by atoms with Crippen LogP contribution < -0.4 is 0 Å². The van der Waals surface area contributed by atoms with Gasteiger partial charge >= 0.3 is 0 Å². The summed E-state index contributed by atoms with van der Waals surface area (Å²) in [6.07, 6.45) is 4.08. The Bertz CT molecular complexity index is 264. The zero-order valence-electron chi connectivity index (χ0n) is 11.2. The Hall–Kier alpha value is 0.177. The van der Waals surface area contributed by atoms with Crippen LogP contribution in [-0.2, 0) is 4.43 Å². The van der Waals surface area contributed by atoms with Crippen LogP contribution in [0.1, 0.15) is 40.0 Å². The topological polar surface area (TPSA) is 9.23 Å². The Morgan fingerprint density at radius 2 is 1.73 bits per heavy atom. The highest BCUT2D eigenvalue weighted by Crippen LogP contribution is 2.63. The van der Waals surface area contributed by atoms with Gasteiger partial charge in [-0.25, -0.2) is 0 Å². The van der Waals surface area contributed by atoms with E-state index in [1.807, 2.05) is 0 Å². The van der Waals surface area contributed by atoms with Crippen molar-refractivity contribution >= 4 is 8.32 Å². The smallest absolute Gasteiger partial charge is 0.184 e. The van der Waals surface area contributed by atoms with Gasteiger partial charge in [0, 0.05) is 0 Å². The van der Waals surface area contributed by atoms with E-state index >= 15 is 0 Å². The van der Waals surface area contributed by atoms with E-state index in [9.17, 15) is 0 Å². The van der Waals surface area contributed by atoms with Gasteiger partial charge in [-0.2, -0.15) is 0 Å². The lowest BCUT2D eigenvalue weighted by molar-refractivity contribution is -0.184. The molecule has 2 heteroatoms. The van der Waals surface area contributed by atoms with Gasteiger partial charge in [-0.15, -0.1) is 0 Å². The zero-order valence-corrected chi connectivity index (χ0v) is 12.2. The molecule has 0 saturated heterocycles. The molecule has 3 saturated carbocycles. The van der Waals surface area contributed by atoms with Gasteiger partial charge in [-0.1, -0.05) is 13.8 Å². The van der Waals surface area contributed by atoms with Gasteiger partial charge < -0.3 is 4.43 Å². The molecule has 0 aromatic rings. The number of hydrogen-bond donors (Lipinski definition) is 0. The third-order valence-corrected chi connectivity index (χ3v) is 5.81. The summed E-state index contributed by atoms with van der Waals surface area (Å²) in [6.45, 7) is 14.2. The molecule has 0 aromatic carbocycles. The van der Waals surface area contributed by atoms with Gasteiger partial charge in [-0.05, 0) is 63.1 Å². The van der Waals surface area contributed by atoms with Gasteiger partial charge in [0.05, 0.1) is 5.60 Å². The standard InChI is InChI=1S/C13H26OSi/c1-12(2)10-7-8-13(3,11(12)9-10)14-15(4,5)6/h10-11H,7-9H2,1-6H3/t10-,11+,13?/m1/s1. The summed E-state index contributed by atoms with van der Waals surface area (Å²) < 4.78 is 6.49. The Kier molecular flexibility index (Phi) is 2.41. The fourth-order valence-electron chi connectivity index (χ4n) is 4.00. The minimum absolute atomic E-state index is 0.183.